The number of hydrogen-bond acceptors (Lipinski definition) is 2. The summed E-state index contributed by atoms with van der Waals surface area (Å²) in [7, 11) is 0. The fraction of sp³-hybridized carbons (Fsp3) is 0. The van der Waals surface area contributed by atoms with E-state index in [-0.39, 0.29) is 5.91 Å². The van der Waals surface area contributed by atoms with Gasteiger partial charge in [0.15, 0.2) is 0 Å². The number of benzene rings is 2. The van der Waals surface area contributed by atoms with Gasteiger partial charge in [-0.05, 0) is 68.9 Å². The van der Waals surface area contributed by atoms with E-state index in [1.54, 1.807) is 30.3 Å². The Kier molecular flexibility index (Phi) is 4.70. The summed E-state index contributed by atoms with van der Waals surface area (Å²) in [5.74, 6) is -0.262. The summed E-state index contributed by atoms with van der Waals surface area (Å²) in [6.07, 6.45) is 0. The van der Waals surface area contributed by atoms with Crippen molar-refractivity contribution in [3.63, 3.8) is 0 Å². The van der Waals surface area contributed by atoms with Crippen LogP contribution in [0.4, 0.5) is 11.4 Å². The summed E-state index contributed by atoms with van der Waals surface area (Å²) in [6, 6.07) is 10.6. The van der Waals surface area contributed by atoms with Gasteiger partial charge in [-0.2, -0.15) is 0 Å². The fourth-order valence-electron chi connectivity index (χ4n) is 1.51. The molecule has 0 saturated heterocycles. The van der Waals surface area contributed by atoms with Crippen LogP contribution in [0.5, 0.6) is 0 Å². The first kappa shape index (κ1) is 14.6. The van der Waals surface area contributed by atoms with Gasteiger partial charge in [-0.25, -0.2) is 0 Å². The van der Waals surface area contributed by atoms with Crippen molar-refractivity contribution >= 4 is 67.4 Å². The maximum atomic E-state index is 12.2. The van der Waals surface area contributed by atoms with E-state index in [1.165, 1.54) is 0 Å². The number of nitrogen functional groups attached to an aromatic ring is 1. The van der Waals surface area contributed by atoms with Crippen LogP contribution >= 0.6 is 50.1 Å². The van der Waals surface area contributed by atoms with Crippen molar-refractivity contribution in [1.29, 1.82) is 0 Å². The molecule has 6 heteroatoms. The highest BCUT2D eigenvalue weighted by Gasteiger charge is 2.13. The van der Waals surface area contributed by atoms with Crippen molar-refractivity contribution < 1.29 is 4.79 Å². The zero-order chi connectivity index (χ0) is 14.0. The molecular formula is C13H9BrClIN2O. The smallest absolute Gasteiger partial charge is 0.256 e. The number of nitrogens with two attached hydrogens (primary N) is 1. The molecule has 0 unspecified atom stereocenters. The highest BCUT2D eigenvalue weighted by Crippen LogP contribution is 2.27. The van der Waals surface area contributed by atoms with E-state index in [0.717, 1.165) is 3.57 Å². The van der Waals surface area contributed by atoms with Crippen LogP contribution in [0.1, 0.15) is 10.4 Å². The van der Waals surface area contributed by atoms with Crippen molar-refractivity contribution in [3.05, 3.63) is 55.0 Å². The molecule has 2 aromatic rings. The zero-order valence-corrected chi connectivity index (χ0v) is 14.1. The summed E-state index contributed by atoms with van der Waals surface area (Å²) in [5.41, 5.74) is 7.30. The summed E-state index contributed by atoms with van der Waals surface area (Å²) < 4.78 is 1.58. The molecule has 0 atom stereocenters. The van der Waals surface area contributed by atoms with Crippen molar-refractivity contribution in [3.8, 4) is 0 Å². The summed E-state index contributed by atoms with van der Waals surface area (Å²) >= 11 is 11.5. The maximum Gasteiger partial charge on any atom is 0.256 e. The van der Waals surface area contributed by atoms with Crippen LogP contribution in [0, 0.1) is 3.57 Å². The average Bonchev–Trinajstić information content (AvgIpc) is 2.36. The van der Waals surface area contributed by atoms with Crippen molar-refractivity contribution in [2.45, 2.75) is 0 Å². The SMILES string of the molecule is Nc1cccc(C(=O)Nc2ccc(I)cc2Cl)c1Br. The van der Waals surface area contributed by atoms with Crippen LogP contribution in [0.25, 0.3) is 0 Å². The third-order valence-electron chi connectivity index (χ3n) is 2.45. The van der Waals surface area contributed by atoms with Gasteiger partial charge in [0.05, 0.1) is 20.7 Å². The van der Waals surface area contributed by atoms with Gasteiger partial charge in [0, 0.05) is 9.26 Å². The molecule has 2 aromatic carbocycles. The number of nitrogens with one attached hydrogen (secondary N) is 1. The Bertz CT molecular complexity index is 649. The quantitative estimate of drug-likeness (QED) is 0.520. The monoisotopic (exact) mass is 450 g/mol. The lowest BCUT2D eigenvalue weighted by atomic mass is 10.2. The first-order valence-electron chi connectivity index (χ1n) is 5.29. The third-order valence-corrected chi connectivity index (χ3v) is 4.32. The number of amides is 1. The summed E-state index contributed by atoms with van der Waals surface area (Å²) in [5, 5.41) is 3.26. The minimum Gasteiger partial charge on any atom is -0.398 e. The Balaban J connectivity index is 2.28. The first-order valence-corrected chi connectivity index (χ1v) is 7.54. The van der Waals surface area contributed by atoms with Crippen LogP contribution in [0.3, 0.4) is 0 Å². The van der Waals surface area contributed by atoms with E-state index in [1.807, 2.05) is 6.07 Å². The fourth-order valence-corrected chi connectivity index (χ4v) is 2.85. The molecule has 1 amide bonds. The van der Waals surface area contributed by atoms with Crippen molar-refractivity contribution in [2.75, 3.05) is 11.1 Å². The van der Waals surface area contributed by atoms with Crippen LogP contribution in [0.15, 0.2) is 40.9 Å². The average molecular weight is 451 g/mol. The van der Waals surface area contributed by atoms with Crippen LogP contribution in [-0.4, -0.2) is 5.91 Å². The van der Waals surface area contributed by atoms with E-state index in [4.69, 9.17) is 17.3 Å². The largest absolute Gasteiger partial charge is 0.398 e. The number of rotatable bonds is 2. The van der Waals surface area contributed by atoms with Gasteiger partial charge in [-0.1, -0.05) is 17.7 Å². The molecule has 19 heavy (non-hydrogen) atoms. The Labute approximate surface area is 137 Å². The highest BCUT2D eigenvalue weighted by atomic mass is 127. The number of carbonyl (C=O) groups excluding carboxylic acids is 1. The standard InChI is InChI=1S/C13H9BrClIN2O/c14-12-8(2-1-3-10(12)17)13(19)18-11-5-4-7(16)6-9(11)15/h1-6H,17H2,(H,18,19). The summed E-state index contributed by atoms with van der Waals surface area (Å²) in [4.78, 5) is 12.2. The van der Waals surface area contributed by atoms with Crippen molar-refractivity contribution in [2.24, 2.45) is 0 Å². The highest BCUT2D eigenvalue weighted by molar-refractivity contribution is 14.1. The van der Waals surface area contributed by atoms with E-state index >= 15 is 0 Å². The maximum absolute atomic E-state index is 12.2. The third kappa shape index (κ3) is 3.40. The van der Waals surface area contributed by atoms with E-state index in [0.29, 0.717) is 26.4 Å². The van der Waals surface area contributed by atoms with Gasteiger partial charge >= 0.3 is 0 Å². The molecule has 0 aromatic heterocycles. The van der Waals surface area contributed by atoms with Crippen LogP contribution in [0.2, 0.25) is 5.02 Å². The number of anilines is 2. The molecule has 0 aliphatic carbocycles. The minimum atomic E-state index is -0.262. The molecule has 0 bridgehead atoms. The van der Waals surface area contributed by atoms with Gasteiger partial charge in [0.1, 0.15) is 0 Å². The Morgan fingerprint density at radius 3 is 2.74 bits per heavy atom. The Hall–Kier alpha value is -0.790. The number of carbonyl (C=O) groups is 1. The van der Waals surface area contributed by atoms with E-state index < -0.39 is 0 Å². The molecule has 0 aliphatic rings. The van der Waals surface area contributed by atoms with E-state index in [9.17, 15) is 4.79 Å². The lowest BCUT2D eigenvalue weighted by Crippen LogP contribution is -2.13. The lowest BCUT2D eigenvalue weighted by molar-refractivity contribution is 0.102. The molecule has 0 heterocycles. The predicted octanol–water partition coefficient (Wildman–Crippen LogP) is 4.54. The van der Waals surface area contributed by atoms with Gasteiger partial charge < -0.3 is 11.1 Å². The Morgan fingerprint density at radius 2 is 2.05 bits per heavy atom. The van der Waals surface area contributed by atoms with Gasteiger partial charge in [-0.3, -0.25) is 4.79 Å². The summed E-state index contributed by atoms with van der Waals surface area (Å²) in [6.45, 7) is 0. The van der Waals surface area contributed by atoms with Crippen LogP contribution < -0.4 is 11.1 Å². The van der Waals surface area contributed by atoms with Crippen LogP contribution in [-0.2, 0) is 0 Å². The Morgan fingerprint density at radius 1 is 1.32 bits per heavy atom. The molecular weight excluding hydrogens is 442 g/mol. The molecule has 2 rings (SSSR count). The molecule has 0 radical (unpaired) electrons. The molecule has 3 nitrogen and oxygen atoms in total. The molecule has 3 N–H and O–H groups in total. The van der Waals surface area contributed by atoms with Gasteiger partial charge in [0.25, 0.3) is 5.91 Å². The molecule has 98 valence electrons. The zero-order valence-electron chi connectivity index (χ0n) is 9.58. The minimum absolute atomic E-state index is 0.262. The second kappa shape index (κ2) is 6.11. The first-order chi connectivity index (χ1) is 8.99. The lowest BCUT2D eigenvalue weighted by Gasteiger charge is -2.09. The normalized spacial score (nSPS) is 10.3. The molecule has 0 spiro atoms. The molecule has 0 aliphatic heterocycles. The van der Waals surface area contributed by atoms with E-state index in [2.05, 4.69) is 43.8 Å². The van der Waals surface area contributed by atoms with Gasteiger partial charge in [0.2, 0.25) is 0 Å². The number of halogens is 3. The second-order valence-corrected chi connectivity index (χ2v) is 6.23. The topological polar surface area (TPSA) is 55.1 Å². The molecule has 0 saturated carbocycles. The predicted molar refractivity (Wildman–Crippen MR) is 90.7 cm³/mol. The van der Waals surface area contributed by atoms with Gasteiger partial charge in [-0.15, -0.1) is 0 Å². The van der Waals surface area contributed by atoms with Crippen molar-refractivity contribution in [1.82, 2.24) is 0 Å². The number of hydrogen-bond donors (Lipinski definition) is 2. The molecule has 0 fully saturated rings. The second-order valence-electron chi connectivity index (χ2n) is 3.79.